The van der Waals surface area contributed by atoms with Crippen LogP contribution in [0.2, 0.25) is 0 Å². The van der Waals surface area contributed by atoms with Gasteiger partial charge in [0.1, 0.15) is 25.3 Å². The van der Waals surface area contributed by atoms with E-state index in [0.717, 1.165) is 28.3 Å². The van der Waals surface area contributed by atoms with Crippen LogP contribution >= 0.6 is 0 Å². The first kappa shape index (κ1) is 16.9. The predicted molar refractivity (Wildman–Crippen MR) is 91.6 cm³/mol. The molecule has 0 N–H and O–H groups in total. The number of nitrogens with zero attached hydrogens (tertiary/aromatic N) is 4. The minimum Gasteiger partial charge on any atom is -0.490 e. The molecule has 3 aromatic rings. The van der Waals surface area contributed by atoms with E-state index in [1.165, 1.54) is 6.33 Å². The van der Waals surface area contributed by atoms with Gasteiger partial charge in [0.05, 0.1) is 6.42 Å². The largest absolute Gasteiger partial charge is 0.490 e. The van der Waals surface area contributed by atoms with E-state index < -0.39 is 0 Å². The highest BCUT2D eigenvalue weighted by Crippen LogP contribution is 2.14. The summed E-state index contributed by atoms with van der Waals surface area (Å²) < 4.78 is 12.5. The summed E-state index contributed by atoms with van der Waals surface area (Å²) in [5, 5.41) is 4.11. The lowest BCUT2D eigenvalue weighted by atomic mass is 10.1. The summed E-state index contributed by atoms with van der Waals surface area (Å²) in [6, 6.07) is 7.74. The van der Waals surface area contributed by atoms with Gasteiger partial charge in [-0.15, -0.1) is 0 Å². The van der Waals surface area contributed by atoms with Gasteiger partial charge in [0.2, 0.25) is 0 Å². The number of aryl methyl sites for hydroxylation is 3. The number of rotatable bonds is 6. The van der Waals surface area contributed by atoms with Crippen LogP contribution in [0.5, 0.6) is 5.75 Å². The lowest BCUT2D eigenvalue weighted by Gasteiger charge is -2.11. The molecule has 1 aromatic carbocycles. The van der Waals surface area contributed by atoms with Crippen molar-refractivity contribution in [2.75, 3.05) is 13.2 Å². The Bertz CT molecular complexity index is 904. The number of fused-ring (bicyclic) bond motifs is 1. The molecule has 0 fully saturated rings. The Morgan fingerprint density at radius 1 is 1.20 bits per heavy atom. The summed E-state index contributed by atoms with van der Waals surface area (Å²) in [6.45, 7) is 6.25. The number of esters is 1. The number of carbonyl (C=O) groups is 1. The SMILES string of the molecule is Cc1cccc(OCCOC(=O)Cc2c(C)nc3ncnn3c2C)c1. The van der Waals surface area contributed by atoms with Gasteiger partial charge in [-0.05, 0) is 38.5 Å². The third kappa shape index (κ3) is 3.93. The maximum Gasteiger partial charge on any atom is 0.310 e. The summed E-state index contributed by atoms with van der Waals surface area (Å²) in [6.07, 6.45) is 1.59. The van der Waals surface area contributed by atoms with Crippen molar-refractivity contribution in [1.82, 2.24) is 19.6 Å². The molecule has 25 heavy (non-hydrogen) atoms. The molecule has 2 aromatic heterocycles. The van der Waals surface area contributed by atoms with Crippen LogP contribution < -0.4 is 4.74 Å². The van der Waals surface area contributed by atoms with Crippen molar-refractivity contribution in [3.8, 4) is 5.75 Å². The second kappa shape index (κ2) is 7.29. The van der Waals surface area contributed by atoms with E-state index in [1.807, 2.05) is 45.0 Å². The number of benzene rings is 1. The molecule has 2 heterocycles. The molecule has 0 aliphatic heterocycles. The molecule has 0 amide bonds. The van der Waals surface area contributed by atoms with Crippen LogP contribution in [0.15, 0.2) is 30.6 Å². The maximum atomic E-state index is 12.1. The molecule has 7 heteroatoms. The van der Waals surface area contributed by atoms with E-state index in [0.29, 0.717) is 12.4 Å². The van der Waals surface area contributed by atoms with E-state index in [9.17, 15) is 4.79 Å². The Kier molecular flexibility index (Phi) is 4.92. The van der Waals surface area contributed by atoms with Gasteiger partial charge < -0.3 is 9.47 Å². The second-order valence-corrected chi connectivity index (χ2v) is 5.80. The molecule has 130 valence electrons. The lowest BCUT2D eigenvalue weighted by Crippen LogP contribution is -2.16. The zero-order chi connectivity index (χ0) is 17.8. The molecule has 0 saturated heterocycles. The number of hydrogen-bond acceptors (Lipinski definition) is 6. The van der Waals surface area contributed by atoms with E-state index in [4.69, 9.17) is 9.47 Å². The van der Waals surface area contributed by atoms with Gasteiger partial charge in [-0.3, -0.25) is 4.79 Å². The molecular weight excluding hydrogens is 320 g/mol. The van der Waals surface area contributed by atoms with Crippen molar-refractivity contribution >= 4 is 11.7 Å². The lowest BCUT2D eigenvalue weighted by molar-refractivity contribution is -0.143. The maximum absolute atomic E-state index is 12.1. The number of carbonyl (C=O) groups excluding carboxylic acids is 1. The Labute approximate surface area is 145 Å². The van der Waals surface area contributed by atoms with E-state index in [-0.39, 0.29) is 19.0 Å². The summed E-state index contributed by atoms with van der Waals surface area (Å²) in [7, 11) is 0. The number of ether oxygens (including phenoxy) is 2. The first-order valence-electron chi connectivity index (χ1n) is 8.05. The average molecular weight is 340 g/mol. The minimum absolute atomic E-state index is 0.144. The Morgan fingerprint density at radius 2 is 2.04 bits per heavy atom. The quantitative estimate of drug-likeness (QED) is 0.506. The van der Waals surface area contributed by atoms with Gasteiger partial charge in [-0.2, -0.15) is 10.1 Å². The fraction of sp³-hybridized carbons (Fsp3) is 0.333. The van der Waals surface area contributed by atoms with Crippen molar-refractivity contribution in [2.45, 2.75) is 27.2 Å². The van der Waals surface area contributed by atoms with Crippen LogP contribution in [-0.2, 0) is 16.0 Å². The molecule has 0 bridgehead atoms. The van der Waals surface area contributed by atoms with Crippen LogP contribution in [0, 0.1) is 20.8 Å². The first-order chi connectivity index (χ1) is 12.0. The molecule has 7 nitrogen and oxygen atoms in total. The van der Waals surface area contributed by atoms with Crippen LogP contribution in [0.25, 0.3) is 5.78 Å². The van der Waals surface area contributed by atoms with Crippen molar-refractivity contribution in [3.05, 3.63) is 53.1 Å². The third-order valence-corrected chi connectivity index (χ3v) is 3.91. The normalized spacial score (nSPS) is 10.8. The smallest absolute Gasteiger partial charge is 0.310 e. The summed E-state index contributed by atoms with van der Waals surface area (Å²) in [5.41, 5.74) is 3.53. The average Bonchev–Trinajstić information content (AvgIpc) is 3.04. The molecule has 0 aliphatic carbocycles. The fourth-order valence-electron chi connectivity index (χ4n) is 2.63. The first-order valence-corrected chi connectivity index (χ1v) is 8.05. The standard InChI is InChI=1S/C18H20N4O3/c1-12-5-4-6-15(9-12)24-7-8-25-17(23)10-16-13(2)21-18-19-11-20-22(18)14(16)3/h4-6,9,11H,7-8,10H2,1-3H3. The van der Waals surface area contributed by atoms with Gasteiger partial charge in [-0.1, -0.05) is 12.1 Å². The summed E-state index contributed by atoms with van der Waals surface area (Å²) in [4.78, 5) is 20.5. The minimum atomic E-state index is -0.319. The van der Waals surface area contributed by atoms with Crippen LogP contribution in [0.1, 0.15) is 22.5 Å². The Balaban J connectivity index is 1.54. The van der Waals surface area contributed by atoms with Gasteiger partial charge in [-0.25, -0.2) is 9.50 Å². The number of hydrogen-bond donors (Lipinski definition) is 0. The zero-order valence-corrected chi connectivity index (χ0v) is 14.5. The number of aromatic nitrogens is 4. The highest BCUT2D eigenvalue weighted by atomic mass is 16.6. The summed E-state index contributed by atoms with van der Waals surface area (Å²) >= 11 is 0. The van der Waals surface area contributed by atoms with Gasteiger partial charge in [0.15, 0.2) is 0 Å². The highest BCUT2D eigenvalue weighted by Gasteiger charge is 2.15. The van der Waals surface area contributed by atoms with Crippen LogP contribution in [0.4, 0.5) is 0 Å². The van der Waals surface area contributed by atoms with Gasteiger partial charge >= 0.3 is 5.97 Å². The van der Waals surface area contributed by atoms with Crippen molar-refractivity contribution in [2.24, 2.45) is 0 Å². The second-order valence-electron chi connectivity index (χ2n) is 5.80. The third-order valence-electron chi connectivity index (χ3n) is 3.91. The van der Waals surface area contributed by atoms with Gasteiger partial charge in [0.25, 0.3) is 5.78 Å². The van der Waals surface area contributed by atoms with Gasteiger partial charge in [0, 0.05) is 17.0 Å². The zero-order valence-electron chi connectivity index (χ0n) is 14.5. The van der Waals surface area contributed by atoms with E-state index in [2.05, 4.69) is 15.1 Å². The fourth-order valence-corrected chi connectivity index (χ4v) is 2.63. The highest BCUT2D eigenvalue weighted by molar-refractivity contribution is 5.73. The van der Waals surface area contributed by atoms with E-state index >= 15 is 0 Å². The molecule has 0 atom stereocenters. The predicted octanol–water partition coefficient (Wildman–Crippen LogP) is 2.21. The van der Waals surface area contributed by atoms with E-state index in [1.54, 1.807) is 4.52 Å². The van der Waals surface area contributed by atoms with Crippen molar-refractivity contribution in [3.63, 3.8) is 0 Å². The Hall–Kier alpha value is -2.96. The molecule has 0 aliphatic rings. The molecular formula is C18H20N4O3. The summed E-state index contributed by atoms with van der Waals surface area (Å²) in [5.74, 6) is 0.975. The Morgan fingerprint density at radius 3 is 2.84 bits per heavy atom. The molecule has 3 rings (SSSR count). The molecule has 0 saturated carbocycles. The van der Waals surface area contributed by atoms with Crippen molar-refractivity contribution in [1.29, 1.82) is 0 Å². The molecule has 0 spiro atoms. The molecule has 0 radical (unpaired) electrons. The van der Waals surface area contributed by atoms with Crippen molar-refractivity contribution < 1.29 is 14.3 Å². The topological polar surface area (TPSA) is 78.6 Å². The monoisotopic (exact) mass is 340 g/mol. The van der Waals surface area contributed by atoms with Crippen LogP contribution in [-0.4, -0.2) is 38.8 Å². The van der Waals surface area contributed by atoms with Crippen LogP contribution in [0.3, 0.4) is 0 Å². The molecule has 0 unspecified atom stereocenters.